The Morgan fingerprint density at radius 3 is 1.69 bits per heavy atom. The lowest BCUT2D eigenvalue weighted by atomic mass is 9.79. The van der Waals surface area contributed by atoms with Gasteiger partial charge in [0.1, 0.15) is 49.8 Å². The molecule has 19 heteroatoms. The molecule has 1 saturated carbocycles. The molecule has 8 rings (SSSR count). The third-order valence-corrected chi connectivity index (χ3v) is 28.1. The monoisotopic (exact) mass is 1190 g/mol. The Balaban J connectivity index is 1.10. The number of aliphatic hydroxyl groups is 1. The van der Waals surface area contributed by atoms with Crippen LogP contribution in [0.3, 0.4) is 0 Å². The van der Waals surface area contributed by atoms with Gasteiger partial charge < -0.3 is 72.0 Å². The van der Waals surface area contributed by atoms with Crippen molar-refractivity contribution in [3.05, 3.63) is 108 Å². The van der Waals surface area contributed by atoms with E-state index in [4.69, 9.17) is 56.2 Å². The maximum Gasteiger partial charge on any atom is 0.407 e. The predicted molar refractivity (Wildman–Crippen MR) is 320 cm³/mol. The summed E-state index contributed by atoms with van der Waals surface area (Å²) in [6.45, 7) is 35.1. The average Bonchev–Trinajstić information content (AvgIpc) is 4.01. The average molecular weight is 1190 g/mol. The second-order valence-corrected chi connectivity index (χ2v) is 36.6. The number of nitrogens with one attached hydrogen (secondary N) is 2. The van der Waals surface area contributed by atoms with Gasteiger partial charge in [0.15, 0.2) is 41.8 Å². The maximum absolute atomic E-state index is 14.1. The van der Waals surface area contributed by atoms with Gasteiger partial charge in [-0.15, -0.1) is 0 Å². The number of aliphatic hydroxyl groups excluding tert-OH is 1. The van der Waals surface area contributed by atoms with E-state index in [-0.39, 0.29) is 54.2 Å². The first-order valence-electron chi connectivity index (χ1n) is 30.4. The van der Waals surface area contributed by atoms with Crippen molar-refractivity contribution >= 4 is 28.8 Å². The maximum atomic E-state index is 14.1. The molecular formula is C64H98N2O15Si2. The van der Waals surface area contributed by atoms with Crippen molar-refractivity contribution < 1.29 is 70.9 Å². The Bertz CT molecular complexity index is 2520. The molecular weight excluding hydrogens is 1090 g/mol. The Morgan fingerprint density at radius 1 is 0.590 bits per heavy atom. The highest BCUT2D eigenvalue weighted by molar-refractivity contribution is 6.74. The first-order valence-corrected chi connectivity index (χ1v) is 36.2. The van der Waals surface area contributed by atoms with E-state index in [0.717, 1.165) is 16.7 Å². The van der Waals surface area contributed by atoms with Gasteiger partial charge in [0.25, 0.3) is 0 Å². The van der Waals surface area contributed by atoms with Gasteiger partial charge in [-0.2, -0.15) is 0 Å². The minimum atomic E-state index is -2.65. The second-order valence-electron chi connectivity index (χ2n) is 27.1. The number of amides is 2. The summed E-state index contributed by atoms with van der Waals surface area (Å²) in [5, 5.41) is 18.4. The zero-order chi connectivity index (χ0) is 60.2. The zero-order valence-electron chi connectivity index (χ0n) is 52.1. The first-order chi connectivity index (χ1) is 39.2. The number of rotatable bonds is 19. The van der Waals surface area contributed by atoms with E-state index in [9.17, 15) is 14.7 Å². The third-order valence-electron chi connectivity index (χ3n) is 19.2. The van der Waals surface area contributed by atoms with E-state index in [1.54, 1.807) is 0 Å². The van der Waals surface area contributed by atoms with E-state index >= 15 is 0 Å². The summed E-state index contributed by atoms with van der Waals surface area (Å²) in [4.78, 5) is 27.1. The molecule has 5 aliphatic rings. The Labute approximate surface area is 496 Å². The fourth-order valence-corrected chi connectivity index (χ4v) is 14.0. The predicted octanol–water partition coefficient (Wildman–Crippen LogP) is 11.8. The molecule has 3 aromatic carbocycles. The van der Waals surface area contributed by atoms with Crippen LogP contribution >= 0.6 is 0 Å². The van der Waals surface area contributed by atoms with Crippen LogP contribution in [-0.2, 0) is 69.4 Å². The number of alkyl carbamates (subject to hydrolysis) is 2. The van der Waals surface area contributed by atoms with Crippen LogP contribution in [0.5, 0.6) is 0 Å². The normalized spacial score (nSPS) is 35.2. The standard InChI is InChI=1S/C64H98N2O15Si2/c1-17-47-53(77-57-41(5)39(3)40(4)48(74-57)34-65-61(68)71-35-43-27-21-18-22-28-43)56(81-83(15,16)64(10,11)12)60(73-47)79-55-50(67)38(2)33-46(66-62(69)72-36-44-29-23-19-24-30-44)52(55)76-58-42(6)51(80-82(13,14)63(7,8)9)54-49(75-58)37-70-59(78-54)45-31-25-20-26-32-45/h18-32,38-42,46-60,67H,17,33-37H2,1-16H3,(H,65,68)(H,66,69)/t38-,39+,40+,41-,42-,46+,47-,48+,49-,50+,51-,52-,53-,54-,55-,56-,57-,58-,59?,60+/m1/s1. The lowest BCUT2D eigenvalue weighted by Gasteiger charge is -2.53. The molecule has 2 amide bonds. The van der Waals surface area contributed by atoms with Crippen molar-refractivity contribution in [3.63, 3.8) is 0 Å². The highest BCUT2D eigenvalue weighted by Gasteiger charge is 2.58. The number of hydrogen-bond acceptors (Lipinski definition) is 15. The van der Waals surface area contributed by atoms with Crippen molar-refractivity contribution in [2.24, 2.45) is 29.6 Å². The Kier molecular flexibility index (Phi) is 21.6. The molecule has 462 valence electrons. The van der Waals surface area contributed by atoms with Gasteiger partial charge in [-0.1, -0.05) is 174 Å². The molecule has 1 unspecified atom stereocenters. The molecule has 1 aliphatic carbocycles. The highest BCUT2D eigenvalue weighted by Crippen LogP contribution is 2.47. The third kappa shape index (κ3) is 15.7. The molecule has 3 aromatic rings. The minimum absolute atomic E-state index is 0.0487. The Hall–Kier alpha value is -3.81. The number of benzene rings is 3. The number of hydrogen-bond donors (Lipinski definition) is 3. The summed E-state index contributed by atoms with van der Waals surface area (Å²) in [7, 11) is -5.13. The van der Waals surface area contributed by atoms with Crippen LogP contribution in [0.1, 0.15) is 119 Å². The fourth-order valence-electron chi connectivity index (χ4n) is 11.4. The van der Waals surface area contributed by atoms with E-state index in [0.29, 0.717) is 12.8 Å². The fraction of sp³-hybridized carbons (Fsp3) is 0.688. The van der Waals surface area contributed by atoms with Crippen LogP contribution in [0.4, 0.5) is 9.59 Å². The molecule has 20 atom stereocenters. The molecule has 0 aromatic heterocycles. The summed E-state index contributed by atoms with van der Waals surface area (Å²) in [5.41, 5.74) is 2.62. The lowest BCUT2D eigenvalue weighted by molar-refractivity contribution is -0.364. The number of carbonyl (C=O) groups is 2. The molecule has 5 fully saturated rings. The summed E-state index contributed by atoms with van der Waals surface area (Å²) < 4.78 is 82.2. The van der Waals surface area contributed by atoms with Crippen LogP contribution in [0.15, 0.2) is 91.0 Å². The SMILES string of the molecule is CC[C@H]1O[C@@H](O[C@@H]2[C@@H](O)[C@H](C)C[C@H](NC(=O)OCc3ccccc3)[C@H]2O[C@H]2O[C@@H]3COC(c4ccccc4)O[C@H]3[C@H](O[Si](C)(C)C(C)(C)C)[C@H]2C)[C@H](O[Si](C)(C)C(C)(C)C)[C@@H]1O[C@H]1O[C@@H](CNC(=O)OCc2ccccc2)[C@@H](C)[C@H](C)[C@H]1C. The van der Waals surface area contributed by atoms with Gasteiger partial charge in [-0.3, -0.25) is 0 Å². The Morgan fingerprint density at radius 2 is 1.11 bits per heavy atom. The molecule has 3 N–H and O–H groups in total. The number of fused-ring (bicyclic) bond motifs is 1. The molecule has 0 spiro atoms. The van der Waals surface area contributed by atoms with Gasteiger partial charge >= 0.3 is 12.2 Å². The molecule has 4 heterocycles. The van der Waals surface area contributed by atoms with Crippen molar-refractivity contribution in [2.75, 3.05) is 13.2 Å². The zero-order valence-corrected chi connectivity index (χ0v) is 54.1. The van der Waals surface area contributed by atoms with E-state index in [1.165, 1.54) is 0 Å². The van der Waals surface area contributed by atoms with E-state index < -0.39 is 133 Å². The highest BCUT2D eigenvalue weighted by atomic mass is 28.4. The van der Waals surface area contributed by atoms with Crippen LogP contribution < -0.4 is 10.6 Å². The topological polar surface area (TPSA) is 189 Å². The van der Waals surface area contributed by atoms with Crippen LogP contribution in [0.25, 0.3) is 0 Å². The van der Waals surface area contributed by atoms with Crippen molar-refractivity contribution in [3.8, 4) is 0 Å². The molecule has 0 bridgehead atoms. The van der Waals surface area contributed by atoms with Crippen molar-refractivity contribution in [2.45, 2.75) is 238 Å². The molecule has 4 aliphatic heterocycles. The van der Waals surface area contributed by atoms with Gasteiger partial charge in [0.05, 0.1) is 37.1 Å². The summed E-state index contributed by atoms with van der Waals surface area (Å²) >= 11 is 0. The molecule has 4 saturated heterocycles. The lowest BCUT2D eigenvalue weighted by Crippen LogP contribution is -2.66. The first kappa shape index (κ1) is 65.2. The minimum Gasteiger partial charge on any atom is -0.445 e. The molecule has 83 heavy (non-hydrogen) atoms. The van der Waals surface area contributed by atoms with Gasteiger partial charge in [-0.25, -0.2) is 9.59 Å². The van der Waals surface area contributed by atoms with Gasteiger partial charge in [-0.05, 0) is 78.0 Å². The van der Waals surface area contributed by atoms with Gasteiger partial charge in [0, 0.05) is 23.9 Å². The molecule has 17 nitrogen and oxygen atoms in total. The summed E-state index contributed by atoms with van der Waals surface area (Å²) in [5.74, 6) is -0.673. The number of carbonyl (C=O) groups excluding carboxylic acids is 2. The smallest absolute Gasteiger partial charge is 0.407 e. The number of ether oxygens (including phenoxy) is 10. The van der Waals surface area contributed by atoms with E-state index in [2.05, 4.69) is 106 Å². The summed E-state index contributed by atoms with van der Waals surface area (Å²) in [6, 6.07) is 28.2. The van der Waals surface area contributed by atoms with Crippen LogP contribution in [0, 0.1) is 29.6 Å². The second kappa shape index (κ2) is 27.5. The van der Waals surface area contributed by atoms with E-state index in [1.807, 2.05) is 105 Å². The van der Waals surface area contributed by atoms with Crippen LogP contribution in [0.2, 0.25) is 36.3 Å². The van der Waals surface area contributed by atoms with Crippen molar-refractivity contribution in [1.29, 1.82) is 0 Å². The largest absolute Gasteiger partial charge is 0.445 e. The van der Waals surface area contributed by atoms with Gasteiger partial charge in [0.2, 0.25) is 0 Å². The van der Waals surface area contributed by atoms with Crippen molar-refractivity contribution in [1.82, 2.24) is 10.6 Å². The molecule has 0 radical (unpaired) electrons. The summed E-state index contributed by atoms with van der Waals surface area (Å²) in [6.07, 6.45) is -10.9. The quantitative estimate of drug-likeness (QED) is 0.0961. The van der Waals surface area contributed by atoms with Crippen LogP contribution in [-0.4, -0.2) is 133 Å².